The number of aliphatic hydroxyl groups excluding tert-OH is 1. The van der Waals surface area contributed by atoms with Crippen molar-refractivity contribution in [2.24, 2.45) is 5.41 Å². The molecule has 0 spiro atoms. The molecule has 0 aliphatic carbocycles. The minimum atomic E-state index is -4.40. The predicted molar refractivity (Wildman–Crippen MR) is 74.4 cm³/mol. The van der Waals surface area contributed by atoms with Gasteiger partial charge in [-0.05, 0) is 30.0 Å². The first-order valence-electron chi connectivity index (χ1n) is 6.38. The van der Waals surface area contributed by atoms with Crippen molar-refractivity contribution in [1.82, 2.24) is 0 Å². The topological polar surface area (TPSA) is 58.3 Å². The summed E-state index contributed by atoms with van der Waals surface area (Å²) in [6.45, 7) is 6.25. The molecule has 1 aromatic carbocycles. The maximum atomic E-state index is 12.5. The number of nitrogen functional groups attached to an aromatic ring is 1. The van der Waals surface area contributed by atoms with E-state index in [-0.39, 0.29) is 17.6 Å². The van der Waals surface area contributed by atoms with Crippen LogP contribution in [0.2, 0.25) is 0 Å². The summed E-state index contributed by atoms with van der Waals surface area (Å²) < 4.78 is 37.5. The molecule has 0 fully saturated rings. The number of halogens is 3. The van der Waals surface area contributed by atoms with Crippen LogP contribution in [-0.4, -0.2) is 17.8 Å². The van der Waals surface area contributed by atoms with Gasteiger partial charge in [0.1, 0.15) is 0 Å². The minimum Gasteiger partial charge on any atom is -0.397 e. The molecule has 6 heteroatoms. The van der Waals surface area contributed by atoms with Crippen molar-refractivity contribution in [1.29, 1.82) is 0 Å². The van der Waals surface area contributed by atoms with E-state index in [1.54, 1.807) is 0 Å². The van der Waals surface area contributed by atoms with Crippen molar-refractivity contribution in [3.8, 4) is 0 Å². The van der Waals surface area contributed by atoms with Gasteiger partial charge in [-0.2, -0.15) is 13.2 Å². The number of rotatable bonds is 4. The van der Waals surface area contributed by atoms with E-state index in [0.29, 0.717) is 12.1 Å². The van der Waals surface area contributed by atoms with Crippen LogP contribution in [-0.2, 0) is 6.18 Å². The zero-order valence-corrected chi connectivity index (χ0v) is 11.9. The molecule has 3 nitrogen and oxygen atoms in total. The van der Waals surface area contributed by atoms with Crippen molar-refractivity contribution >= 4 is 11.4 Å². The zero-order valence-electron chi connectivity index (χ0n) is 11.9. The summed E-state index contributed by atoms with van der Waals surface area (Å²) in [5.74, 6) is 0. The van der Waals surface area contributed by atoms with E-state index in [4.69, 9.17) is 5.73 Å². The molecule has 0 aliphatic heterocycles. The van der Waals surface area contributed by atoms with Crippen LogP contribution >= 0.6 is 0 Å². The Morgan fingerprint density at radius 2 is 1.85 bits per heavy atom. The van der Waals surface area contributed by atoms with E-state index < -0.39 is 17.8 Å². The lowest BCUT2D eigenvalue weighted by atomic mass is 9.89. The standard InChI is InChI=1S/C14H21F3N2O/c1-13(2,3)7-10(20)8-19-12-5-4-9(6-11(12)18)14(15,16)17/h4-6,10,19-20H,7-8,18H2,1-3H3. The summed E-state index contributed by atoms with van der Waals surface area (Å²) >= 11 is 0. The van der Waals surface area contributed by atoms with E-state index in [1.165, 1.54) is 6.07 Å². The fourth-order valence-electron chi connectivity index (χ4n) is 1.91. The van der Waals surface area contributed by atoms with Crippen LogP contribution in [0, 0.1) is 5.41 Å². The maximum Gasteiger partial charge on any atom is 0.416 e. The van der Waals surface area contributed by atoms with Crippen molar-refractivity contribution in [2.75, 3.05) is 17.6 Å². The number of alkyl halides is 3. The molecule has 1 rings (SSSR count). The van der Waals surface area contributed by atoms with Crippen molar-refractivity contribution in [3.05, 3.63) is 23.8 Å². The number of nitrogens with one attached hydrogen (secondary N) is 1. The van der Waals surface area contributed by atoms with Crippen LogP contribution in [0.15, 0.2) is 18.2 Å². The molecule has 114 valence electrons. The lowest BCUT2D eigenvalue weighted by Crippen LogP contribution is -2.25. The monoisotopic (exact) mass is 290 g/mol. The summed E-state index contributed by atoms with van der Waals surface area (Å²) in [7, 11) is 0. The average Bonchev–Trinajstić information content (AvgIpc) is 2.23. The van der Waals surface area contributed by atoms with Gasteiger partial charge in [-0.1, -0.05) is 20.8 Å². The molecule has 1 unspecified atom stereocenters. The van der Waals surface area contributed by atoms with Gasteiger partial charge in [0.05, 0.1) is 23.0 Å². The quantitative estimate of drug-likeness (QED) is 0.744. The van der Waals surface area contributed by atoms with E-state index in [9.17, 15) is 18.3 Å². The fourth-order valence-corrected chi connectivity index (χ4v) is 1.91. The highest BCUT2D eigenvalue weighted by Crippen LogP contribution is 2.32. The highest BCUT2D eigenvalue weighted by Gasteiger charge is 2.30. The maximum absolute atomic E-state index is 12.5. The molecule has 4 N–H and O–H groups in total. The van der Waals surface area contributed by atoms with Gasteiger partial charge < -0.3 is 16.2 Å². The molecule has 0 aromatic heterocycles. The minimum absolute atomic E-state index is 0.0165. The fraction of sp³-hybridized carbons (Fsp3) is 0.571. The van der Waals surface area contributed by atoms with Crippen LogP contribution in [0.3, 0.4) is 0 Å². The normalized spacial score (nSPS) is 14.2. The SMILES string of the molecule is CC(C)(C)CC(O)CNc1ccc(C(F)(F)F)cc1N. The molecule has 0 saturated carbocycles. The van der Waals surface area contributed by atoms with Gasteiger partial charge in [0, 0.05) is 6.54 Å². The smallest absolute Gasteiger partial charge is 0.397 e. The van der Waals surface area contributed by atoms with Gasteiger partial charge in [-0.3, -0.25) is 0 Å². The van der Waals surface area contributed by atoms with E-state index in [1.807, 2.05) is 20.8 Å². The first-order valence-corrected chi connectivity index (χ1v) is 6.38. The van der Waals surface area contributed by atoms with E-state index in [0.717, 1.165) is 12.1 Å². The molecule has 20 heavy (non-hydrogen) atoms. The first kappa shape index (κ1) is 16.6. The molecule has 0 bridgehead atoms. The summed E-state index contributed by atoms with van der Waals surface area (Å²) in [6, 6.07) is 3.13. The van der Waals surface area contributed by atoms with Gasteiger partial charge in [0.15, 0.2) is 0 Å². The molecular weight excluding hydrogens is 269 g/mol. The third-order valence-electron chi connectivity index (χ3n) is 2.76. The van der Waals surface area contributed by atoms with Crippen molar-refractivity contribution < 1.29 is 18.3 Å². The molecule has 1 atom stereocenters. The van der Waals surface area contributed by atoms with Crippen LogP contribution in [0.1, 0.15) is 32.8 Å². The Bertz CT molecular complexity index is 453. The Morgan fingerprint density at radius 3 is 2.30 bits per heavy atom. The molecular formula is C14H21F3N2O. The van der Waals surface area contributed by atoms with Crippen molar-refractivity contribution in [3.63, 3.8) is 0 Å². The Hall–Kier alpha value is -1.43. The lowest BCUT2D eigenvalue weighted by molar-refractivity contribution is -0.137. The molecule has 0 amide bonds. The Kier molecular flexibility index (Phi) is 4.91. The summed E-state index contributed by atoms with van der Waals surface area (Å²) in [5.41, 5.74) is 5.20. The Balaban J connectivity index is 2.66. The van der Waals surface area contributed by atoms with Crippen LogP contribution in [0.4, 0.5) is 24.5 Å². The second kappa shape index (κ2) is 5.91. The second-order valence-electron chi connectivity index (χ2n) is 6.10. The average molecular weight is 290 g/mol. The van der Waals surface area contributed by atoms with Crippen molar-refractivity contribution in [2.45, 2.75) is 39.5 Å². The highest BCUT2D eigenvalue weighted by atomic mass is 19.4. The summed E-state index contributed by atoms with van der Waals surface area (Å²) in [4.78, 5) is 0. The molecule has 0 aliphatic rings. The highest BCUT2D eigenvalue weighted by molar-refractivity contribution is 5.67. The predicted octanol–water partition coefficient (Wildman–Crippen LogP) is 3.50. The van der Waals surface area contributed by atoms with Gasteiger partial charge in [0.2, 0.25) is 0 Å². The van der Waals surface area contributed by atoms with Gasteiger partial charge in [0.25, 0.3) is 0 Å². The first-order chi connectivity index (χ1) is 8.99. The summed E-state index contributed by atoms with van der Waals surface area (Å²) in [6.07, 6.45) is -4.41. The second-order valence-corrected chi connectivity index (χ2v) is 6.10. The van der Waals surface area contributed by atoms with Crippen LogP contribution in [0.5, 0.6) is 0 Å². The van der Waals surface area contributed by atoms with Gasteiger partial charge in [-0.25, -0.2) is 0 Å². The number of hydrogen-bond donors (Lipinski definition) is 3. The van der Waals surface area contributed by atoms with Gasteiger partial charge >= 0.3 is 6.18 Å². The largest absolute Gasteiger partial charge is 0.416 e. The number of aliphatic hydroxyl groups is 1. The Morgan fingerprint density at radius 1 is 1.25 bits per heavy atom. The number of nitrogens with two attached hydrogens (primary N) is 1. The number of hydrogen-bond acceptors (Lipinski definition) is 3. The third-order valence-corrected chi connectivity index (χ3v) is 2.76. The third kappa shape index (κ3) is 5.28. The van der Waals surface area contributed by atoms with E-state index >= 15 is 0 Å². The van der Waals surface area contributed by atoms with Crippen LogP contribution < -0.4 is 11.1 Å². The molecule has 1 aromatic rings. The Labute approximate surface area is 117 Å². The lowest BCUT2D eigenvalue weighted by Gasteiger charge is -2.23. The number of anilines is 2. The molecule has 0 heterocycles. The molecule has 0 radical (unpaired) electrons. The van der Waals surface area contributed by atoms with E-state index in [2.05, 4.69) is 5.32 Å². The van der Waals surface area contributed by atoms with Crippen LogP contribution in [0.25, 0.3) is 0 Å². The summed E-state index contributed by atoms with van der Waals surface area (Å²) in [5, 5.41) is 12.7. The number of benzene rings is 1. The van der Waals surface area contributed by atoms with Gasteiger partial charge in [-0.15, -0.1) is 0 Å². The zero-order chi connectivity index (χ0) is 15.6. The molecule has 0 saturated heterocycles.